The first-order valence-corrected chi connectivity index (χ1v) is 14.9. The van der Waals surface area contributed by atoms with E-state index >= 15 is 0 Å². The minimum Gasteiger partial charge on any atom is -0.255 e. The van der Waals surface area contributed by atoms with Crippen molar-refractivity contribution in [1.82, 2.24) is 9.97 Å². The molecule has 0 aliphatic heterocycles. The number of nitrogens with zero attached hydrogens (tertiary/aromatic N) is 2. The van der Waals surface area contributed by atoms with E-state index in [4.69, 9.17) is 4.98 Å². The molecular weight excluding hydrogens is 520 g/mol. The number of fused-ring (bicyclic) bond motifs is 3. The molecule has 0 N–H and O–H groups in total. The zero-order chi connectivity index (χ0) is 28.8. The van der Waals surface area contributed by atoms with Crippen LogP contribution in [-0.2, 0) is 6.42 Å². The summed E-state index contributed by atoms with van der Waals surface area (Å²) in [6.45, 7) is 2.17. The quantitative estimate of drug-likeness (QED) is 0.204. The highest BCUT2D eigenvalue weighted by molar-refractivity contribution is 6.21. The van der Waals surface area contributed by atoms with Crippen molar-refractivity contribution in [3.05, 3.63) is 162 Å². The summed E-state index contributed by atoms with van der Waals surface area (Å²) in [5, 5.41) is 5.14. The van der Waals surface area contributed by atoms with E-state index in [2.05, 4.69) is 127 Å². The summed E-state index contributed by atoms with van der Waals surface area (Å²) >= 11 is 0. The smallest absolute Gasteiger partial charge is 0.0889 e. The van der Waals surface area contributed by atoms with E-state index in [1.165, 1.54) is 60.5 Å². The van der Waals surface area contributed by atoms with Crippen LogP contribution in [0.2, 0.25) is 0 Å². The summed E-state index contributed by atoms with van der Waals surface area (Å²) in [7, 11) is 0. The molecule has 0 amide bonds. The van der Waals surface area contributed by atoms with Crippen molar-refractivity contribution in [2.24, 2.45) is 0 Å². The van der Waals surface area contributed by atoms with Crippen LogP contribution < -0.4 is 0 Å². The second-order valence-electron chi connectivity index (χ2n) is 11.5. The van der Waals surface area contributed by atoms with Gasteiger partial charge in [-0.1, -0.05) is 121 Å². The molecule has 204 valence electrons. The van der Waals surface area contributed by atoms with E-state index in [1.807, 2.05) is 30.5 Å². The van der Waals surface area contributed by atoms with Crippen LogP contribution >= 0.6 is 0 Å². The van der Waals surface area contributed by atoms with Gasteiger partial charge in [0.15, 0.2) is 0 Å². The summed E-state index contributed by atoms with van der Waals surface area (Å²) in [4.78, 5) is 9.55. The third kappa shape index (κ3) is 4.52. The van der Waals surface area contributed by atoms with Crippen molar-refractivity contribution in [2.75, 3.05) is 0 Å². The molecule has 0 saturated heterocycles. The summed E-state index contributed by atoms with van der Waals surface area (Å²) in [6.07, 6.45) is 7.30. The number of hydrogen-bond acceptors (Lipinski definition) is 2. The molecule has 2 nitrogen and oxygen atoms in total. The Morgan fingerprint density at radius 3 is 1.91 bits per heavy atom. The van der Waals surface area contributed by atoms with Gasteiger partial charge in [-0.2, -0.15) is 0 Å². The monoisotopic (exact) mass is 550 g/mol. The lowest BCUT2D eigenvalue weighted by atomic mass is 9.82. The van der Waals surface area contributed by atoms with Crippen LogP contribution in [0.4, 0.5) is 0 Å². The largest absolute Gasteiger partial charge is 0.255 e. The normalized spacial score (nSPS) is 14.2. The van der Waals surface area contributed by atoms with Crippen LogP contribution in [0.1, 0.15) is 28.3 Å². The molecule has 1 unspecified atom stereocenters. The van der Waals surface area contributed by atoms with Gasteiger partial charge in [0, 0.05) is 17.8 Å². The second-order valence-corrected chi connectivity index (χ2v) is 11.5. The molecule has 1 atom stereocenters. The zero-order valence-electron chi connectivity index (χ0n) is 24.0. The number of allylic oxidation sites excluding steroid dienone is 1. The van der Waals surface area contributed by atoms with Crippen molar-refractivity contribution in [1.29, 1.82) is 0 Å². The lowest BCUT2D eigenvalue weighted by molar-refractivity contribution is 0.795. The van der Waals surface area contributed by atoms with Gasteiger partial charge in [0.05, 0.1) is 11.4 Å². The van der Waals surface area contributed by atoms with E-state index in [1.54, 1.807) is 0 Å². The van der Waals surface area contributed by atoms with E-state index in [0.717, 1.165) is 23.5 Å². The van der Waals surface area contributed by atoms with Crippen LogP contribution in [-0.4, -0.2) is 9.97 Å². The summed E-state index contributed by atoms with van der Waals surface area (Å²) in [6, 6.07) is 45.9. The Morgan fingerprint density at radius 2 is 1.23 bits per heavy atom. The number of rotatable bonds is 4. The third-order valence-corrected chi connectivity index (χ3v) is 8.70. The van der Waals surface area contributed by atoms with Crippen molar-refractivity contribution < 1.29 is 0 Å². The van der Waals surface area contributed by atoms with Crippen molar-refractivity contribution in [3.63, 3.8) is 0 Å². The molecule has 5 aromatic carbocycles. The number of benzene rings is 5. The minimum atomic E-state index is 0.212. The Labute approximate surface area is 252 Å². The van der Waals surface area contributed by atoms with Crippen LogP contribution in [0, 0.1) is 6.92 Å². The third-order valence-electron chi connectivity index (χ3n) is 8.70. The molecule has 0 radical (unpaired) electrons. The molecule has 2 heteroatoms. The first-order valence-electron chi connectivity index (χ1n) is 14.9. The Balaban J connectivity index is 1.26. The lowest BCUT2D eigenvalue weighted by Crippen LogP contribution is -2.08. The molecule has 2 aromatic heterocycles. The van der Waals surface area contributed by atoms with Gasteiger partial charge >= 0.3 is 0 Å². The standard InChI is InChI=1S/C41H30N2/c1-27-10-8-11-30(24-27)40-33-12-2-4-14-35(33)41(36-15-5-3-13-34(36)40)31-22-20-28-19-21-29(25-32(28)26-31)37-17-9-18-39(43-37)38-16-6-7-23-42-38/h2-24,26,29H,25H2,1H3. The van der Waals surface area contributed by atoms with E-state index in [0.29, 0.717) is 0 Å². The molecule has 0 fully saturated rings. The molecule has 43 heavy (non-hydrogen) atoms. The molecule has 0 bridgehead atoms. The number of pyridine rings is 2. The van der Waals surface area contributed by atoms with E-state index in [9.17, 15) is 0 Å². The Kier molecular flexibility index (Phi) is 6.19. The van der Waals surface area contributed by atoms with Crippen LogP contribution in [0.5, 0.6) is 0 Å². The summed E-state index contributed by atoms with van der Waals surface area (Å²) in [5.74, 6) is 0.212. The van der Waals surface area contributed by atoms with Gasteiger partial charge in [0.2, 0.25) is 0 Å². The molecular formula is C41H30N2. The fourth-order valence-corrected chi connectivity index (χ4v) is 6.69. The lowest BCUT2D eigenvalue weighted by Gasteiger charge is -2.22. The molecule has 7 aromatic rings. The number of hydrogen-bond donors (Lipinski definition) is 0. The Hall–Kier alpha value is -5.34. The molecule has 8 rings (SSSR count). The van der Waals surface area contributed by atoms with Gasteiger partial charge in [-0.05, 0) is 92.5 Å². The maximum atomic E-state index is 5.03. The fourth-order valence-electron chi connectivity index (χ4n) is 6.69. The summed E-state index contributed by atoms with van der Waals surface area (Å²) < 4.78 is 0. The number of aromatic nitrogens is 2. The molecule has 1 aliphatic rings. The first kappa shape index (κ1) is 25.4. The molecule has 0 saturated carbocycles. The maximum absolute atomic E-state index is 5.03. The SMILES string of the molecule is Cc1cccc(-c2c3ccccc3c(-c3ccc4c(c3)CC(c3cccc(-c5ccccn5)n3)C=C4)c3ccccc23)c1. The Morgan fingerprint density at radius 1 is 0.581 bits per heavy atom. The predicted molar refractivity (Wildman–Crippen MR) is 180 cm³/mol. The van der Waals surface area contributed by atoms with Crippen molar-refractivity contribution >= 4 is 27.6 Å². The van der Waals surface area contributed by atoms with Crippen LogP contribution in [0.3, 0.4) is 0 Å². The van der Waals surface area contributed by atoms with Crippen molar-refractivity contribution in [2.45, 2.75) is 19.3 Å². The van der Waals surface area contributed by atoms with Gasteiger partial charge in [-0.25, -0.2) is 0 Å². The molecule has 1 aliphatic carbocycles. The first-order chi connectivity index (χ1) is 21.2. The average molecular weight is 551 g/mol. The average Bonchev–Trinajstić information content (AvgIpc) is 3.07. The Bertz CT molecular complexity index is 2120. The van der Waals surface area contributed by atoms with E-state index < -0.39 is 0 Å². The van der Waals surface area contributed by atoms with Gasteiger partial charge in [0.25, 0.3) is 0 Å². The summed E-state index contributed by atoms with van der Waals surface area (Å²) in [5.41, 5.74) is 11.9. The molecule has 2 heterocycles. The van der Waals surface area contributed by atoms with Gasteiger partial charge in [0.1, 0.15) is 0 Å². The minimum absolute atomic E-state index is 0.212. The fraction of sp³-hybridized carbons (Fsp3) is 0.0732. The second kappa shape index (κ2) is 10.5. The topological polar surface area (TPSA) is 25.8 Å². The predicted octanol–water partition coefficient (Wildman–Crippen LogP) is 10.4. The van der Waals surface area contributed by atoms with E-state index in [-0.39, 0.29) is 5.92 Å². The highest BCUT2D eigenvalue weighted by atomic mass is 14.8. The highest BCUT2D eigenvalue weighted by Gasteiger charge is 2.21. The van der Waals surface area contributed by atoms with Gasteiger partial charge in [-0.15, -0.1) is 0 Å². The maximum Gasteiger partial charge on any atom is 0.0889 e. The molecule has 0 spiro atoms. The van der Waals surface area contributed by atoms with Crippen molar-refractivity contribution in [3.8, 4) is 33.6 Å². The highest BCUT2D eigenvalue weighted by Crippen LogP contribution is 2.44. The van der Waals surface area contributed by atoms with Gasteiger partial charge < -0.3 is 0 Å². The zero-order valence-corrected chi connectivity index (χ0v) is 24.0. The van der Waals surface area contributed by atoms with Crippen LogP contribution in [0.25, 0.3) is 61.3 Å². The van der Waals surface area contributed by atoms with Gasteiger partial charge in [-0.3, -0.25) is 9.97 Å². The number of aryl methyl sites for hydroxylation is 1. The van der Waals surface area contributed by atoms with Crippen LogP contribution in [0.15, 0.2) is 140 Å².